The number of nitrogens with one attached hydrogen (secondary N) is 2. The van der Waals surface area contributed by atoms with Crippen molar-refractivity contribution in [1.29, 1.82) is 0 Å². The number of amides is 3. The summed E-state index contributed by atoms with van der Waals surface area (Å²) in [6.45, 7) is 9.21. The van der Waals surface area contributed by atoms with Crippen molar-refractivity contribution < 1.29 is 23.9 Å². The van der Waals surface area contributed by atoms with Gasteiger partial charge in [0, 0.05) is 6.54 Å². The van der Waals surface area contributed by atoms with Crippen LogP contribution in [0.3, 0.4) is 0 Å². The van der Waals surface area contributed by atoms with E-state index in [-0.39, 0.29) is 18.4 Å². The molecular formula is C21H31N3O5. The molecule has 0 saturated carbocycles. The summed E-state index contributed by atoms with van der Waals surface area (Å²) >= 11 is 0. The highest BCUT2D eigenvalue weighted by Crippen LogP contribution is 2.24. The minimum absolute atomic E-state index is 0.0596. The summed E-state index contributed by atoms with van der Waals surface area (Å²) in [4.78, 5) is 38.5. The molecule has 2 rings (SSSR count). The summed E-state index contributed by atoms with van der Waals surface area (Å²) < 4.78 is 10.2. The number of carbonyl (C=O) groups excluding carboxylic acids is 3. The molecule has 1 aliphatic rings. The van der Waals surface area contributed by atoms with E-state index in [1.807, 2.05) is 44.2 Å². The number of piperazine rings is 1. The first-order valence-electron chi connectivity index (χ1n) is 9.73. The molecule has 29 heavy (non-hydrogen) atoms. The van der Waals surface area contributed by atoms with Crippen molar-refractivity contribution in [2.75, 3.05) is 13.7 Å². The number of methoxy groups -OCH3 is 1. The smallest absolute Gasteiger partial charge is 0.416 e. The maximum absolute atomic E-state index is 12.7. The number of hydrogen-bond acceptors (Lipinski definition) is 6. The van der Waals surface area contributed by atoms with Crippen molar-refractivity contribution in [3.8, 4) is 0 Å². The number of ether oxygens (including phenoxy) is 2. The van der Waals surface area contributed by atoms with Gasteiger partial charge in [-0.05, 0) is 32.3 Å². The third-order valence-corrected chi connectivity index (χ3v) is 4.60. The quantitative estimate of drug-likeness (QED) is 0.800. The van der Waals surface area contributed by atoms with Crippen LogP contribution in [0.15, 0.2) is 30.3 Å². The van der Waals surface area contributed by atoms with E-state index >= 15 is 0 Å². The molecule has 0 bridgehead atoms. The fourth-order valence-corrected chi connectivity index (χ4v) is 3.27. The van der Waals surface area contributed by atoms with Crippen LogP contribution >= 0.6 is 0 Å². The monoisotopic (exact) mass is 405 g/mol. The lowest BCUT2D eigenvalue weighted by molar-refractivity contribution is -0.136. The zero-order chi connectivity index (χ0) is 21.8. The normalized spacial score (nSPS) is 20.9. The van der Waals surface area contributed by atoms with E-state index in [0.717, 1.165) is 10.5 Å². The summed E-state index contributed by atoms with van der Waals surface area (Å²) in [5, 5.41) is 6.21. The molecule has 1 aromatic rings. The van der Waals surface area contributed by atoms with E-state index in [2.05, 4.69) is 10.6 Å². The van der Waals surface area contributed by atoms with Gasteiger partial charge in [-0.15, -0.1) is 0 Å². The summed E-state index contributed by atoms with van der Waals surface area (Å²) in [5.41, 5.74) is 0.178. The average molecular weight is 405 g/mol. The first-order valence-corrected chi connectivity index (χ1v) is 9.73. The molecule has 8 heteroatoms. The molecule has 8 nitrogen and oxygen atoms in total. The van der Waals surface area contributed by atoms with E-state index in [9.17, 15) is 14.4 Å². The van der Waals surface area contributed by atoms with E-state index in [1.54, 1.807) is 20.8 Å². The second-order valence-electron chi connectivity index (χ2n) is 8.45. The molecule has 0 radical (unpaired) electrons. The van der Waals surface area contributed by atoms with Gasteiger partial charge in [0.1, 0.15) is 5.60 Å². The van der Waals surface area contributed by atoms with Gasteiger partial charge < -0.3 is 14.8 Å². The maximum Gasteiger partial charge on any atom is 0.416 e. The van der Waals surface area contributed by atoms with Gasteiger partial charge in [0.25, 0.3) is 0 Å². The Bertz CT molecular complexity index is 730. The minimum Gasteiger partial charge on any atom is -0.452 e. The number of benzene rings is 1. The lowest BCUT2D eigenvalue weighted by Crippen LogP contribution is -2.65. The fourth-order valence-electron chi connectivity index (χ4n) is 3.27. The minimum atomic E-state index is -0.712. The van der Waals surface area contributed by atoms with Crippen molar-refractivity contribution in [1.82, 2.24) is 15.5 Å². The van der Waals surface area contributed by atoms with Gasteiger partial charge in [-0.3, -0.25) is 10.1 Å². The van der Waals surface area contributed by atoms with E-state index in [0.29, 0.717) is 0 Å². The highest BCUT2D eigenvalue weighted by atomic mass is 16.6. The number of rotatable bonds is 4. The second-order valence-corrected chi connectivity index (χ2v) is 8.45. The summed E-state index contributed by atoms with van der Waals surface area (Å²) in [7, 11) is 1.24. The van der Waals surface area contributed by atoms with Crippen molar-refractivity contribution in [2.24, 2.45) is 5.92 Å². The van der Waals surface area contributed by atoms with Gasteiger partial charge in [-0.2, -0.15) is 0 Å². The van der Waals surface area contributed by atoms with Crippen molar-refractivity contribution in [3.63, 3.8) is 0 Å². The average Bonchev–Trinajstić information content (AvgIpc) is 2.65. The van der Waals surface area contributed by atoms with Crippen LogP contribution in [0.4, 0.5) is 9.59 Å². The first kappa shape index (κ1) is 22.7. The van der Waals surface area contributed by atoms with Gasteiger partial charge in [-0.1, -0.05) is 44.2 Å². The van der Waals surface area contributed by atoms with Crippen LogP contribution in [0.2, 0.25) is 0 Å². The zero-order valence-electron chi connectivity index (χ0n) is 17.9. The third kappa shape index (κ3) is 5.93. The Morgan fingerprint density at radius 2 is 1.83 bits per heavy atom. The number of hydrogen-bond donors (Lipinski definition) is 2. The van der Waals surface area contributed by atoms with Crippen LogP contribution in [0.1, 0.15) is 46.2 Å². The molecular weight excluding hydrogens is 374 g/mol. The van der Waals surface area contributed by atoms with Crippen molar-refractivity contribution >= 4 is 18.1 Å². The Balaban J connectivity index is 2.36. The lowest BCUT2D eigenvalue weighted by atomic mass is 9.92. The highest BCUT2D eigenvalue weighted by Gasteiger charge is 2.42. The summed E-state index contributed by atoms with van der Waals surface area (Å²) in [5.74, 6) is -0.400. The number of carbonyl (C=O) groups is 3. The molecule has 1 saturated heterocycles. The standard InChI is InChI=1S/C21H31N3O5/c1-13(2)16-18(25)24(20(27)28-6)12-15(22-16)17(14-10-8-7-9-11-14)23-19(26)29-21(3,4)5/h7-11,13,15-17,22H,12H2,1-6H3,(H,23,26)/t15-,16-,17-/m0/s1. The Kier molecular flexibility index (Phi) is 7.24. The molecule has 3 amide bonds. The predicted octanol–water partition coefficient (Wildman–Crippen LogP) is 2.84. The van der Waals surface area contributed by atoms with Crippen LogP contribution in [0.25, 0.3) is 0 Å². The molecule has 1 aliphatic heterocycles. The van der Waals surface area contributed by atoms with E-state index < -0.39 is 35.9 Å². The van der Waals surface area contributed by atoms with Gasteiger partial charge in [0.15, 0.2) is 0 Å². The Morgan fingerprint density at radius 1 is 1.21 bits per heavy atom. The first-order chi connectivity index (χ1) is 13.5. The Hall–Kier alpha value is -2.61. The Morgan fingerprint density at radius 3 is 2.34 bits per heavy atom. The highest BCUT2D eigenvalue weighted by molar-refractivity contribution is 5.96. The molecule has 1 aromatic carbocycles. The predicted molar refractivity (Wildman–Crippen MR) is 108 cm³/mol. The van der Waals surface area contributed by atoms with Crippen LogP contribution in [-0.2, 0) is 14.3 Å². The van der Waals surface area contributed by atoms with Crippen molar-refractivity contribution in [2.45, 2.75) is 58.3 Å². The molecule has 3 atom stereocenters. The zero-order valence-corrected chi connectivity index (χ0v) is 17.9. The SMILES string of the molecule is COC(=O)N1C[C@@H]([C@@H](NC(=O)OC(C)(C)C)c2ccccc2)N[C@@H](C(C)C)C1=O. The molecule has 0 unspecified atom stereocenters. The topological polar surface area (TPSA) is 97.0 Å². The number of alkyl carbamates (subject to hydrolysis) is 1. The summed E-state index contributed by atoms with van der Waals surface area (Å²) in [6.07, 6.45) is -1.29. The van der Waals surface area contributed by atoms with E-state index in [1.165, 1.54) is 7.11 Å². The largest absolute Gasteiger partial charge is 0.452 e. The van der Waals surface area contributed by atoms with Gasteiger partial charge in [0.05, 0.1) is 25.2 Å². The van der Waals surface area contributed by atoms with Gasteiger partial charge in [-0.25, -0.2) is 14.5 Å². The van der Waals surface area contributed by atoms with Crippen LogP contribution in [-0.4, -0.2) is 54.3 Å². The molecule has 0 aliphatic carbocycles. The Labute approximate surface area is 171 Å². The van der Waals surface area contributed by atoms with Crippen LogP contribution < -0.4 is 10.6 Å². The molecule has 0 spiro atoms. The second kappa shape index (κ2) is 9.26. The fraction of sp³-hybridized carbons (Fsp3) is 0.571. The molecule has 2 N–H and O–H groups in total. The van der Waals surface area contributed by atoms with Crippen molar-refractivity contribution in [3.05, 3.63) is 35.9 Å². The lowest BCUT2D eigenvalue weighted by Gasteiger charge is -2.41. The van der Waals surface area contributed by atoms with Gasteiger partial charge in [0.2, 0.25) is 5.91 Å². The number of imide groups is 1. The van der Waals surface area contributed by atoms with Crippen LogP contribution in [0, 0.1) is 5.92 Å². The summed E-state index contributed by atoms with van der Waals surface area (Å²) in [6, 6.07) is 7.85. The number of nitrogens with zero attached hydrogens (tertiary/aromatic N) is 1. The van der Waals surface area contributed by atoms with Gasteiger partial charge >= 0.3 is 12.2 Å². The molecule has 1 fully saturated rings. The van der Waals surface area contributed by atoms with E-state index in [4.69, 9.17) is 9.47 Å². The molecule has 160 valence electrons. The van der Waals surface area contributed by atoms with Crippen LogP contribution in [0.5, 0.6) is 0 Å². The maximum atomic E-state index is 12.7. The molecule has 1 heterocycles. The third-order valence-electron chi connectivity index (χ3n) is 4.60. The molecule has 0 aromatic heterocycles.